The lowest BCUT2D eigenvalue weighted by atomic mass is 9.75. The Hall–Kier alpha value is -2.47. The van der Waals surface area contributed by atoms with E-state index in [1.807, 2.05) is 30.6 Å². The fourth-order valence-electron chi connectivity index (χ4n) is 4.12. The van der Waals surface area contributed by atoms with Gasteiger partial charge in [-0.25, -0.2) is 9.97 Å². The molecule has 1 aromatic carbocycles. The van der Waals surface area contributed by atoms with Gasteiger partial charge in [0.25, 0.3) is 0 Å². The predicted octanol–water partition coefficient (Wildman–Crippen LogP) is 3.28. The predicted molar refractivity (Wildman–Crippen MR) is 102 cm³/mol. The van der Waals surface area contributed by atoms with E-state index >= 15 is 0 Å². The SMILES string of the molecule is CNc1ncc([C@@H]2[C@@H](C(=O)Nc3ccc(C)c(C)c3)[C@H]3CC[C@@H]2O3)cn1.[HH]. The van der Waals surface area contributed by atoms with Gasteiger partial charge in [-0.3, -0.25) is 4.79 Å². The summed E-state index contributed by atoms with van der Waals surface area (Å²) < 4.78 is 6.08. The molecule has 4 rings (SSSR count). The minimum Gasteiger partial charge on any atom is -0.373 e. The highest BCUT2D eigenvalue weighted by Gasteiger charge is 2.53. The quantitative estimate of drug-likeness (QED) is 0.881. The second-order valence-corrected chi connectivity index (χ2v) is 7.22. The zero-order valence-electron chi connectivity index (χ0n) is 15.3. The molecule has 0 aliphatic carbocycles. The van der Waals surface area contributed by atoms with Gasteiger partial charge in [0, 0.05) is 32.5 Å². The summed E-state index contributed by atoms with van der Waals surface area (Å²) in [6, 6.07) is 6.00. The van der Waals surface area contributed by atoms with Crippen LogP contribution in [0.25, 0.3) is 0 Å². The van der Waals surface area contributed by atoms with Crippen molar-refractivity contribution in [2.45, 2.75) is 44.8 Å². The van der Waals surface area contributed by atoms with Crippen molar-refractivity contribution in [2.24, 2.45) is 5.92 Å². The van der Waals surface area contributed by atoms with Gasteiger partial charge in [-0.05, 0) is 55.5 Å². The lowest BCUT2D eigenvalue weighted by Crippen LogP contribution is -2.36. The maximum absolute atomic E-state index is 13.1. The lowest BCUT2D eigenvalue weighted by Gasteiger charge is -2.27. The van der Waals surface area contributed by atoms with Crippen LogP contribution < -0.4 is 10.6 Å². The van der Waals surface area contributed by atoms with Gasteiger partial charge in [0.15, 0.2) is 0 Å². The number of rotatable bonds is 4. The maximum Gasteiger partial charge on any atom is 0.230 e. The summed E-state index contributed by atoms with van der Waals surface area (Å²) in [7, 11) is 1.79. The summed E-state index contributed by atoms with van der Waals surface area (Å²) in [5, 5.41) is 6.01. The van der Waals surface area contributed by atoms with Crippen molar-refractivity contribution in [1.29, 1.82) is 0 Å². The van der Waals surface area contributed by atoms with Gasteiger partial charge in [0.1, 0.15) is 0 Å². The lowest BCUT2D eigenvalue weighted by molar-refractivity contribution is -0.121. The number of hydrogen-bond acceptors (Lipinski definition) is 5. The molecule has 4 atom stereocenters. The van der Waals surface area contributed by atoms with Gasteiger partial charge in [0.05, 0.1) is 18.1 Å². The molecule has 138 valence electrons. The normalized spacial score (nSPS) is 26.7. The van der Waals surface area contributed by atoms with Crippen molar-refractivity contribution >= 4 is 17.5 Å². The van der Waals surface area contributed by atoms with Crippen molar-refractivity contribution in [2.75, 3.05) is 17.7 Å². The molecule has 0 unspecified atom stereocenters. The van der Waals surface area contributed by atoms with E-state index < -0.39 is 0 Å². The molecule has 1 aromatic heterocycles. The molecule has 3 heterocycles. The Morgan fingerprint density at radius 3 is 2.58 bits per heavy atom. The highest BCUT2D eigenvalue weighted by molar-refractivity contribution is 5.94. The van der Waals surface area contributed by atoms with Crippen LogP contribution in [0.4, 0.5) is 11.6 Å². The first kappa shape index (κ1) is 17.0. The van der Waals surface area contributed by atoms with Crippen LogP contribution in [-0.4, -0.2) is 35.1 Å². The fourth-order valence-corrected chi connectivity index (χ4v) is 4.12. The van der Waals surface area contributed by atoms with Crippen LogP contribution in [0.1, 0.15) is 36.9 Å². The van der Waals surface area contributed by atoms with Crippen molar-refractivity contribution in [1.82, 2.24) is 9.97 Å². The van der Waals surface area contributed by atoms with E-state index in [4.69, 9.17) is 4.74 Å². The minimum atomic E-state index is -0.209. The summed E-state index contributed by atoms with van der Waals surface area (Å²) in [6.45, 7) is 4.12. The topological polar surface area (TPSA) is 76.1 Å². The molecule has 0 saturated carbocycles. The number of amides is 1. The molecule has 6 nitrogen and oxygen atoms in total. The van der Waals surface area contributed by atoms with Crippen LogP contribution >= 0.6 is 0 Å². The second-order valence-electron chi connectivity index (χ2n) is 7.22. The number of fused-ring (bicyclic) bond motifs is 2. The molecule has 0 radical (unpaired) electrons. The Balaban J connectivity index is 0.00000210. The zero-order valence-corrected chi connectivity index (χ0v) is 15.3. The number of aryl methyl sites for hydroxylation is 2. The molecule has 1 amide bonds. The summed E-state index contributed by atoms with van der Waals surface area (Å²) in [4.78, 5) is 21.7. The van der Waals surface area contributed by atoms with E-state index in [0.29, 0.717) is 5.95 Å². The number of nitrogens with one attached hydrogen (secondary N) is 2. The van der Waals surface area contributed by atoms with Crippen molar-refractivity contribution in [3.8, 4) is 0 Å². The zero-order chi connectivity index (χ0) is 18.3. The largest absolute Gasteiger partial charge is 0.373 e. The fraction of sp³-hybridized carbons (Fsp3) is 0.450. The molecule has 0 spiro atoms. The monoisotopic (exact) mass is 354 g/mol. The molecular weight excluding hydrogens is 328 g/mol. The third-order valence-electron chi connectivity index (χ3n) is 5.63. The summed E-state index contributed by atoms with van der Waals surface area (Å²) in [5.41, 5.74) is 4.18. The highest BCUT2D eigenvalue weighted by atomic mass is 16.5. The average Bonchev–Trinajstić information content (AvgIpc) is 3.26. The Morgan fingerprint density at radius 1 is 1.15 bits per heavy atom. The van der Waals surface area contributed by atoms with Crippen LogP contribution in [0.2, 0.25) is 0 Å². The highest BCUT2D eigenvalue weighted by Crippen LogP contribution is 2.49. The van der Waals surface area contributed by atoms with Crippen molar-refractivity contribution in [3.63, 3.8) is 0 Å². The first-order valence-corrected chi connectivity index (χ1v) is 9.10. The molecule has 2 aliphatic heterocycles. The smallest absolute Gasteiger partial charge is 0.230 e. The van der Waals surface area contributed by atoms with E-state index in [-0.39, 0.29) is 31.4 Å². The second kappa shape index (κ2) is 6.68. The Morgan fingerprint density at radius 2 is 1.88 bits per heavy atom. The van der Waals surface area contributed by atoms with Gasteiger partial charge in [0.2, 0.25) is 11.9 Å². The van der Waals surface area contributed by atoms with E-state index in [1.54, 1.807) is 7.05 Å². The minimum absolute atomic E-state index is 0. The average molecular weight is 354 g/mol. The van der Waals surface area contributed by atoms with E-state index in [9.17, 15) is 4.79 Å². The number of aromatic nitrogens is 2. The number of carbonyl (C=O) groups excluding carboxylic acids is 1. The number of carbonyl (C=O) groups is 1. The van der Waals surface area contributed by atoms with Gasteiger partial charge in [-0.1, -0.05) is 6.07 Å². The van der Waals surface area contributed by atoms with E-state index in [2.05, 4.69) is 34.4 Å². The summed E-state index contributed by atoms with van der Waals surface area (Å²) in [5.74, 6) is 0.391. The number of benzene rings is 1. The molecule has 2 N–H and O–H groups in total. The van der Waals surface area contributed by atoms with Crippen LogP contribution in [0.5, 0.6) is 0 Å². The molecule has 2 aliphatic rings. The van der Waals surface area contributed by atoms with Crippen molar-refractivity contribution in [3.05, 3.63) is 47.3 Å². The molecule has 2 aromatic rings. The Kier molecular flexibility index (Phi) is 4.36. The van der Waals surface area contributed by atoms with Gasteiger partial charge >= 0.3 is 0 Å². The van der Waals surface area contributed by atoms with Crippen LogP contribution in [0.15, 0.2) is 30.6 Å². The maximum atomic E-state index is 13.1. The number of nitrogens with zero attached hydrogens (tertiary/aromatic N) is 2. The van der Waals surface area contributed by atoms with Crippen LogP contribution in [0.3, 0.4) is 0 Å². The molecule has 2 fully saturated rings. The van der Waals surface area contributed by atoms with Gasteiger partial charge in [-0.15, -0.1) is 0 Å². The van der Waals surface area contributed by atoms with E-state index in [0.717, 1.165) is 24.1 Å². The molecular formula is C20H26N4O2. The summed E-state index contributed by atoms with van der Waals surface area (Å²) in [6.07, 6.45) is 5.58. The third kappa shape index (κ3) is 2.94. The van der Waals surface area contributed by atoms with E-state index in [1.165, 1.54) is 11.1 Å². The standard InChI is InChI=1S/C20H24N4O2.H2/c1-11-4-5-14(8-12(11)2)24-19(25)18-16-7-6-15(26-16)17(18)13-9-22-20(21-3)23-10-13;/h4-5,8-10,15-18H,6-7H2,1-3H3,(H,24,25)(H,21,22,23);1H/t15-,16+,17-,18-;/m0./s1. The van der Waals surface area contributed by atoms with Crippen LogP contribution in [-0.2, 0) is 9.53 Å². The van der Waals surface area contributed by atoms with Gasteiger partial charge in [-0.2, -0.15) is 0 Å². The Labute approximate surface area is 154 Å². The van der Waals surface area contributed by atoms with Crippen LogP contribution in [0, 0.1) is 19.8 Å². The molecule has 2 bridgehead atoms. The number of anilines is 2. The number of ether oxygens (including phenoxy) is 1. The van der Waals surface area contributed by atoms with Crippen molar-refractivity contribution < 1.29 is 11.0 Å². The first-order valence-electron chi connectivity index (χ1n) is 9.10. The summed E-state index contributed by atoms with van der Waals surface area (Å²) >= 11 is 0. The first-order chi connectivity index (χ1) is 12.6. The third-order valence-corrected chi connectivity index (χ3v) is 5.63. The molecule has 2 saturated heterocycles. The number of hydrogen-bond donors (Lipinski definition) is 2. The molecule has 6 heteroatoms. The van der Waals surface area contributed by atoms with Gasteiger partial charge < -0.3 is 15.4 Å². The molecule has 26 heavy (non-hydrogen) atoms. The Bertz CT molecular complexity index is 827.